The Kier molecular flexibility index (Phi) is 26.1. The molecule has 0 saturated heterocycles. The van der Waals surface area contributed by atoms with Crippen LogP contribution in [0, 0.1) is 18.8 Å². The number of carbonyl (C=O) groups excluding carboxylic acids is 6. The van der Waals surface area contributed by atoms with Crippen LogP contribution < -0.4 is 30.2 Å². The Morgan fingerprint density at radius 3 is 1.92 bits per heavy atom. The first-order chi connectivity index (χ1) is 39.8. The highest BCUT2D eigenvalue weighted by molar-refractivity contribution is 6.74. The van der Waals surface area contributed by atoms with Gasteiger partial charge in [0.15, 0.2) is 25.6 Å². The summed E-state index contributed by atoms with van der Waals surface area (Å²) in [5, 5.41) is 8.81. The molecule has 0 aliphatic carbocycles. The van der Waals surface area contributed by atoms with Gasteiger partial charge in [0, 0.05) is 69.9 Å². The lowest BCUT2D eigenvalue weighted by atomic mass is 9.88. The Morgan fingerprint density at radius 1 is 0.726 bits per heavy atom. The first-order valence-electron chi connectivity index (χ1n) is 29.7. The number of amides is 4. The SMILES string of the molecule is CC[C@@H]1CC(C)=CN1C(=O)c1cc(OC)c(OCCCCCOc2cc(NC(=O)OCc3ccc(CC(=O)[C@H](C)NC(=O)[C@@H](CC(=O)CCOCCOC)C(C)C)cc3)c(C(=O)N3C=C(C)C[C@H]3CO[Si](C)(C)C(C)(C)C)cc2C)cc1NC. The number of anilines is 2. The maximum absolute atomic E-state index is 14.7. The molecule has 3 N–H and O–H groups in total. The summed E-state index contributed by atoms with van der Waals surface area (Å²) in [7, 11) is 2.77. The fourth-order valence-electron chi connectivity index (χ4n) is 9.76. The zero-order valence-corrected chi connectivity index (χ0v) is 53.7. The van der Waals surface area contributed by atoms with Gasteiger partial charge in [-0.2, -0.15) is 0 Å². The molecule has 0 bridgehead atoms. The molecule has 0 unspecified atom stereocenters. The molecule has 0 spiro atoms. The van der Waals surface area contributed by atoms with Crippen LogP contribution in [0.2, 0.25) is 18.1 Å². The van der Waals surface area contributed by atoms with Crippen molar-refractivity contribution in [3.05, 3.63) is 99.9 Å². The van der Waals surface area contributed by atoms with Crippen molar-refractivity contribution in [2.45, 2.75) is 170 Å². The number of methoxy groups -OCH3 is 2. The summed E-state index contributed by atoms with van der Waals surface area (Å²) < 4.78 is 41.0. The van der Waals surface area contributed by atoms with E-state index in [-0.39, 0.29) is 96.1 Å². The molecule has 462 valence electrons. The number of nitrogens with zero attached hydrogens (tertiary/aromatic N) is 2. The Morgan fingerprint density at radius 2 is 1.32 bits per heavy atom. The van der Waals surface area contributed by atoms with Gasteiger partial charge >= 0.3 is 6.09 Å². The molecule has 2 aliphatic heterocycles. The maximum Gasteiger partial charge on any atom is 0.411 e. The molecule has 18 nitrogen and oxygen atoms in total. The van der Waals surface area contributed by atoms with Crippen LogP contribution >= 0.6 is 0 Å². The third-order valence-corrected chi connectivity index (χ3v) is 20.6. The van der Waals surface area contributed by atoms with Gasteiger partial charge in [-0.25, -0.2) is 4.79 Å². The number of benzene rings is 3. The fraction of sp³-hybridized carbons (Fsp3) is 0.569. The highest BCUT2D eigenvalue weighted by Crippen LogP contribution is 2.39. The van der Waals surface area contributed by atoms with Crippen LogP contribution in [0.15, 0.2) is 72.1 Å². The van der Waals surface area contributed by atoms with E-state index in [0.29, 0.717) is 97.5 Å². The smallest absolute Gasteiger partial charge is 0.411 e. The second kappa shape index (κ2) is 32.1. The molecule has 3 aromatic carbocycles. The van der Waals surface area contributed by atoms with Crippen LogP contribution in [-0.2, 0) is 46.0 Å². The molecule has 4 amide bonds. The van der Waals surface area contributed by atoms with Crippen LogP contribution in [0.4, 0.5) is 16.2 Å². The van der Waals surface area contributed by atoms with Crippen molar-refractivity contribution in [1.29, 1.82) is 0 Å². The monoisotopic (exact) mass is 1180 g/mol. The Hall–Kier alpha value is -6.54. The number of ketones is 2. The number of rotatable bonds is 33. The minimum Gasteiger partial charge on any atom is -0.493 e. The number of nitrogens with one attached hydrogen (secondary N) is 3. The van der Waals surface area contributed by atoms with Gasteiger partial charge in [-0.05, 0) is 119 Å². The van der Waals surface area contributed by atoms with E-state index in [4.69, 9.17) is 32.8 Å². The molecule has 4 atom stereocenters. The molecule has 0 aromatic heterocycles. The van der Waals surface area contributed by atoms with Gasteiger partial charge in [0.05, 0.1) is 81.3 Å². The minimum atomic E-state index is -2.14. The Bertz CT molecular complexity index is 2810. The van der Waals surface area contributed by atoms with Gasteiger partial charge in [-0.15, -0.1) is 0 Å². The van der Waals surface area contributed by atoms with Crippen molar-refractivity contribution in [2.75, 3.05) is 71.5 Å². The van der Waals surface area contributed by atoms with E-state index in [9.17, 15) is 28.8 Å². The number of hydrogen-bond acceptors (Lipinski definition) is 14. The highest BCUT2D eigenvalue weighted by Gasteiger charge is 2.40. The normalized spacial score (nSPS) is 16.0. The van der Waals surface area contributed by atoms with Crippen molar-refractivity contribution in [3.8, 4) is 17.2 Å². The summed E-state index contributed by atoms with van der Waals surface area (Å²) in [6.45, 7) is 26.4. The average molecular weight is 1180 g/mol. The number of carbonyl (C=O) groups is 6. The van der Waals surface area contributed by atoms with Crippen LogP contribution in [-0.4, -0.2) is 133 Å². The summed E-state index contributed by atoms with van der Waals surface area (Å²) in [6, 6.07) is 13.1. The minimum absolute atomic E-state index is 0.0178. The molecule has 0 radical (unpaired) electrons. The quantitative estimate of drug-likeness (QED) is 0.0383. The fourth-order valence-corrected chi connectivity index (χ4v) is 10.8. The van der Waals surface area contributed by atoms with Crippen molar-refractivity contribution in [1.82, 2.24) is 15.1 Å². The summed E-state index contributed by atoms with van der Waals surface area (Å²) in [4.78, 5) is 84.9. The van der Waals surface area contributed by atoms with Crippen LogP contribution in [0.1, 0.15) is 151 Å². The summed E-state index contributed by atoms with van der Waals surface area (Å²) >= 11 is 0. The second-order valence-electron chi connectivity index (χ2n) is 24.1. The predicted octanol–water partition coefficient (Wildman–Crippen LogP) is 12.0. The van der Waals surface area contributed by atoms with E-state index in [1.807, 2.05) is 58.0 Å². The average Bonchev–Trinajstić information content (AvgIpc) is 3.41. The van der Waals surface area contributed by atoms with E-state index in [0.717, 1.165) is 24.8 Å². The molecule has 3 aromatic rings. The lowest BCUT2D eigenvalue weighted by Gasteiger charge is -2.38. The first kappa shape index (κ1) is 68.2. The van der Waals surface area contributed by atoms with E-state index < -0.39 is 26.4 Å². The summed E-state index contributed by atoms with van der Waals surface area (Å²) in [5.41, 5.74) is 5.95. The van der Waals surface area contributed by atoms with Gasteiger partial charge in [0.25, 0.3) is 11.8 Å². The second-order valence-corrected chi connectivity index (χ2v) is 28.9. The largest absolute Gasteiger partial charge is 0.493 e. The molecular formula is C65H95N5O13Si. The van der Waals surface area contributed by atoms with E-state index in [1.54, 1.807) is 75.6 Å². The lowest BCUT2D eigenvalue weighted by Crippen LogP contribution is -2.45. The van der Waals surface area contributed by atoms with Gasteiger partial charge in [-0.3, -0.25) is 29.3 Å². The number of Topliss-reactive ketones (excluding diaryl/α,β-unsaturated/α-hetero) is 2. The van der Waals surface area contributed by atoms with E-state index in [1.165, 1.54) is 5.57 Å². The molecule has 0 saturated carbocycles. The topological polar surface area (TPSA) is 210 Å². The van der Waals surface area contributed by atoms with Crippen molar-refractivity contribution >= 4 is 55.1 Å². The van der Waals surface area contributed by atoms with Gasteiger partial charge in [0.1, 0.15) is 18.1 Å². The predicted molar refractivity (Wildman–Crippen MR) is 330 cm³/mol. The third-order valence-electron chi connectivity index (χ3n) is 16.1. The zero-order valence-electron chi connectivity index (χ0n) is 52.7. The van der Waals surface area contributed by atoms with Crippen molar-refractivity contribution in [3.63, 3.8) is 0 Å². The van der Waals surface area contributed by atoms with E-state index >= 15 is 0 Å². The molecular weight excluding hydrogens is 1090 g/mol. The van der Waals surface area contributed by atoms with Gasteiger partial charge < -0.3 is 53.3 Å². The molecule has 19 heteroatoms. The van der Waals surface area contributed by atoms with Crippen molar-refractivity contribution < 1.29 is 61.6 Å². The van der Waals surface area contributed by atoms with Gasteiger partial charge in [0.2, 0.25) is 5.91 Å². The molecule has 0 fully saturated rings. The number of ether oxygens (including phenoxy) is 6. The van der Waals surface area contributed by atoms with E-state index in [2.05, 4.69) is 56.7 Å². The first-order valence-corrected chi connectivity index (χ1v) is 32.6. The molecule has 2 aliphatic rings. The highest BCUT2D eigenvalue weighted by atomic mass is 28.4. The van der Waals surface area contributed by atoms with Gasteiger partial charge in [-0.1, -0.05) is 77.0 Å². The molecule has 84 heavy (non-hydrogen) atoms. The zero-order chi connectivity index (χ0) is 61.9. The third kappa shape index (κ3) is 19.5. The summed E-state index contributed by atoms with van der Waals surface area (Å²) in [5.74, 6) is -0.229. The molecule has 5 rings (SSSR count). The number of unbranched alkanes of at least 4 members (excludes halogenated alkanes) is 2. The maximum atomic E-state index is 14.7. The lowest BCUT2D eigenvalue weighted by molar-refractivity contribution is -0.133. The standard InChI is InChI=1S/C65H95N5O13Si/c1-16-49-30-43(4)38-69(49)63(75)54-35-59(78-13)60(36-55(54)66-11)81-26-19-17-18-25-80-58-37-56(53(32-45(58)6)62(74)70-39-44(5)31-50(70)41-83-84(14,15)65(8,9)10)68-64(76)82-40-48-22-20-47(21-23-48)33-57(72)46(7)67-61(73)52(42(2)3)34-51(71)24-27-79-29-28-77-12/h20-23,32,35-39,42,46,49-50,52,66H,16-19,24-31,33-34,40-41H2,1-15H3,(H,67,73)(H,68,76)/t46-,49+,50-,52-/m0/s1. The molecule has 2 heterocycles. The van der Waals surface area contributed by atoms with Crippen LogP contribution in [0.25, 0.3) is 0 Å². The van der Waals surface area contributed by atoms with Crippen LogP contribution in [0.5, 0.6) is 17.2 Å². The van der Waals surface area contributed by atoms with Crippen LogP contribution in [0.3, 0.4) is 0 Å². The Balaban J connectivity index is 1.21. The van der Waals surface area contributed by atoms with Crippen molar-refractivity contribution in [2.24, 2.45) is 11.8 Å². The Labute approximate surface area is 500 Å². The number of aryl methyl sites for hydroxylation is 1. The number of hydrogen-bond donors (Lipinski definition) is 3. The summed E-state index contributed by atoms with van der Waals surface area (Å²) in [6.07, 6.45) is 7.85.